The topological polar surface area (TPSA) is 43.1 Å². The summed E-state index contributed by atoms with van der Waals surface area (Å²) in [7, 11) is 0. The van der Waals surface area contributed by atoms with Crippen LogP contribution in [0.2, 0.25) is 5.02 Å². The van der Waals surface area contributed by atoms with Gasteiger partial charge in [0.15, 0.2) is 0 Å². The lowest BCUT2D eigenvalue weighted by atomic mass is 10.2. The smallest absolute Gasteiger partial charge is 0.348 e. The fourth-order valence-corrected chi connectivity index (χ4v) is 2.03. The molecule has 0 aliphatic carbocycles. The molecule has 0 amide bonds. The molecule has 1 heterocycles. The van der Waals surface area contributed by atoms with Gasteiger partial charge in [-0.2, -0.15) is 0 Å². The standard InChI is InChI=1S/C14H8ClNO2/c15-10-7-4-8-11-12(10)14(17)18-13(16-11)9-5-2-1-3-6-9/h1-8H. The lowest BCUT2D eigenvalue weighted by Crippen LogP contribution is -2.03. The van der Waals surface area contributed by atoms with E-state index in [1.807, 2.05) is 30.3 Å². The van der Waals surface area contributed by atoms with Crippen LogP contribution in [0.25, 0.3) is 22.4 Å². The first kappa shape index (κ1) is 11.0. The number of fused-ring (bicyclic) bond motifs is 1. The van der Waals surface area contributed by atoms with Crippen LogP contribution in [0, 0.1) is 0 Å². The zero-order chi connectivity index (χ0) is 12.5. The van der Waals surface area contributed by atoms with E-state index in [0.717, 1.165) is 5.56 Å². The van der Waals surface area contributed by atoms with Crippen LogP contribution < -0.4 is 5.63 Å². The predicted octanol–water partition coefficient (Wildman–Crippen LogP) is 3.51. The molecule has 0 unspecified atom stereocenters. The van der Waals surface area contributed by atoms with E-state index < -0.39 is 5.63 Å². The lowest BCUT2D eigenvalue weighted by Gasteiger charge is -2.02. The van der Waals surface area contributed by atoms with Crippen LogP contribution in [-0.4, -0.2) is 4.98 Å². The van der Waals surface area contributed by atoms with Gasteiger partial charge < -0.3 is 4.42 Å². The molecule has 0 spiro atoms. The van der Waals surface area contributed by atoms with Gasteiger partial charge in [0, 0.05) is 5.56 Å². The molecule has 88 valence electrons. The van der Waals surface area contributed by atoms with E-state index in [9.17, 15) is 4.79 Å². The van der Waals surface area contributed by atoms with Gasteiger partial charge in [-0.3, -0.25) is 0 Å². The molecular formula is C14H8ClNO2. The number of hydrogen-bond acceptors (Lipinski definition) is 3. The van der Waals surface area contributed by atoms with Crippen molar-refractivity contribution in [2.24, 2.45) is 0 Å². The molecule has 2 aromatic carbocycles. The molecule has 3 rings (SSSR count). The summed E-state index contributed by atoms with van der Waals surface area (Å²) in [5, 5.41) is 0.673. The molecule has 0 radical (unpaired) electrons. The van der Waals surface area contributed by atoms with Gasteiger partial charge in [-0.05, 0) is 24.3 Å². The highest BCUT2D eigenvalue weighted by Crippen LogP contribution is 2.22. The van der Waals surface area contributed by atoms with Crippen LogP contribution >= 0.6 is 11.6 Å². The zero-order valence-corrected chi connectivity index (χ0v) is 10.0. The normalized spacial score (nSPS) is 10.7. The number of aromatic nitrogens is 1. The average molecular weight is 258 g/mol. The molecular weight excluding hydrogens is 250 g/mol. The molecule has 0 aliphatic heterocycles. The Morgan fingerprint density at radius 1 is 1.00 bits per heavy atom. The second-order valence-corrected chi connectivity index (χ2v) is 4.21. The Labute approximate surface area is 108 Å². The van der Waals surface area contributed by atoms with Crippen molar-refractivity contribution in [3.05, 3.63) is 64.0 Å². The summed E-state index contributed by atoms with van der Waals surface area (Å²) < 4.78 is 5.21. The van der Waals surface area contributed by atoms with Crippen molar-refractivity contribution in [2.45, 2.75) is 0 Å². The SMILES string of the molecule is O=c1oc(-c2ccccc2)nc2cccc(Cl)c12. The van der Waals surface area contributed by atoms with Gasteiger partial charge in [0.1, 0.15) is 5.39 Å². The van der Waals surface area contributed by atoms with Crippen LogP contribution in [0.15, 0.2) is 57.7 Å². The first-order valence-electron chi connectivity index (χ1n) is 5.40. The van der Waals surface area contributed by atoms with E-state index in [1.54, 1.807) is 18.2 Å². The minimum absolute atomic E-state index is 0.301. The first-order chi connectivity index (χ1) is 8.75. The van der Waals surface area contributed by atoms with Crippen molar-refractivity contribution < 1.29 is 4.42 Å². The molecule has 3 nitrogen and oxygen atoms in total. The van der Waals surface area contributed by atoms with E-state index in [1.165, 1.54) is 0 Å². The van der Waals surface area contributed by atoms with Gasteiger partial charge in [-0.25, -0.2) is 9.78 Å². The van der Waals surface area contributed by atoms with Crippen LogP contribution in [0.4, 0.5) is 0 Å². The molecule has 4 heteroatoms. The van der Waals surface area contributed by atoms with Crippen LogP contribution in [0.3, 0.4) is 0 Å². The van der Waals surface area contributed by atoms with Gasteiger partial charge >= 0.3 is 5.63 Å². The third kappa shape index (κ3) is 1.79. The quantitative estimate of drug-likeness (QED) is 0.670. The van der Waals surface area contributed by atoms with Gasteiger partial charge in [0.25, 0.3) is 0 Å². The van der Waals surface area contributed by atoms with Crippen molar-refractivity contribution in [2.75, 3.05) is 0 Å². The highest BCUT2D eigenvalue weighted by Gasteiger charge is 2.10. The first-order valence-corrected chi connectivity index (χ1v) is 5.78. The third-order valence-electron chi connectivity index (χ3n) is 2.63. The molecule has 1 aromatic heterocycles. The summed E-state index contributed by atoms with van der Waals surface area (Å²) in [5.41, 5.74) is 0.832. The molecule has 0 fully saturated rings. The zero-order valence-electron chi connectivity index (χ0n) is 9.26. The second kappa shape index (κ2) is 4.27. The predicted molar refractivity (Wildman–Crippen MR) is 70.7 cm³/mol. The molecule has 0 bridgehead atoms. The van der Waals surface area contributed by atoms with Crippen LogP contribution in [0.5, 0.6) is 0 Å². The summed E-state index contributed by atoms with van der Waals surface area (Å²) in [6.45, 7) is 0. The number of benzene rings is 2. The monoisotopic (exact) mass is 257 g/mol. The Hall–Kier alpha value is -2.13. The maximum absolute atomic E-state index is 11.9. The molecule has 0 saturated heterocycles. The van der Waals surface area contributed by atoms with Crippen molar-refractivity contribution in [3.8, 4) is 11.5 Å². The number of nitrogens with zero attached hydrogens (tertiary/aromatic N) is 1. The number of rotatable bonds is 1. The molecule has 3 aromatic rings. The Morgan fingerprint density at radius 2 is 1.78 bits per heavy atom. The van der Waals surface area contributed by atoms with E-state index in [2.05, 4.69) is 4.98 Å². The maximum Gasteiger partial charge on any atom is 0.348 e. The van der Waals surface area contributed by atoms with Gasteiger partial charge in [0.05, 0.1) is 10.5 Å². The van der Waals surface area contributed by atoms with Gasteiger partial charge in [0.2, 0.25) is 5.89 Å². The Morgan fingerprint density at radius 3 is 2.56 bits per heavy atom. The third-order valence-corrected chi connectivity index (χ3v) is 2.94. The van der Waals surface area contributed by atoms with E-state index in [4.69, 9.17) is 16.0 Å². The molecule has 0 saturated carbocycles. The minimum atomic E-state index is -0.468. The fraction of sp³-hybridized carbons (Fsp3) is 0. The summed E-state index contributed by atoms with van der Waals surface area (Å²) in [6.07, 6.45) is 0. The lowest BCUT2D eigenvalue weighted by molar-refractivity contribution is 0.518. The second-order valence-electron chi connectivity index (χ2n) is 3.81. The van der Waals surface area contributed by atoms with E-state index in [-0.39, 0.29) is 0 Å². The molecule has 18 heavy (non-hydrogen) atoms. The Kier molecular flexibility index (Phi) is 2.61. The van der Waals surface area contributed by atoms with E-state index >= 15 is 0 Å². The van der Waals surface area contributed by atoms with Crippen molar-refractivity contribution in [1.29, 1.82) is 0 Å². The highest BCUT2D eigenvalue weighted by atomic mass is 35.5. The van der Waals surface area contributed by atoms with Crippen molar-refractivity contribution in [1.82, 2.24) is 4.98 Å². The summed E-state index contributed by atoms with van der Waals surface area (Å²) in [5.74, 6) is 0.301. The number of halogens is 1. The molecule has 0 aliphatic rings. The highest BCUT2D eigenvalue weighted by molar-refractivity contribution is 6.35. The average Bonchev–Trinajstić information content (AvgIpc) is 2.39. The van der Waals surface area contributed by atoms with Crippen LogP contribution in [0.1, 0.15) is 0 Å². The van der Waals surface area contributed by atoms with Gasteiger partial charge in [-0.15, -0.1) is 0 Å². The minimum Gasteiger partial charge on any atom is -0.403 e. The number of hydrogen-bond donors (Lipinski definition) is 0. The Balaban J connectivity index is 2.33. The van der Waals surface area contributed by atoms with Crippen molar-refractivity contribution in [3.63, 3.8) is 0 Å². The van der Waals surface area contributed by atoms with E-state index in [0.29, 0.717) is 21.8 Å². The van der Waals surface area contributed by atoms with Crippen LogP contribution in [-0.2, 0) is 0 Å². The molecule has 0 atom stereocenters. The molecule has 0 N–H and O–H groups in total. The van der Waals surface area contributed by atoms with Crippen molar-refractivity contribution >= 4 is 22.5 Å². The van der Waals surface area contributed by atoms with Gasteiger partial charge in [-0.1, -0.05) is 35.9 Å². The summed E-state index contributed by atoms with van der Waals surface area (Å²) in [6, 6.07) is 14.4. The maximum atomic E-state index is 11.9. The largest absolute Gasteiger partial charge is 0.403 e. The Bertz CT molecular complexity index is 766. The fourth-order valence-electron chi connectivity index (χ4n) is 1.78. The summed E-state index contributed by atoms with van der Waals surface area (Å²) in [4.78, 5) is 16.2. The summed E-state index contributed by atoms with van der Waals surface area (Å²) >= 11 is 5.96.